The molecule has 1 fully saturated rings. The number of rotatable bonds is 6. The van der Waals surface area contributed by atoms with Crippen molar-refractivity contribution in [2.24, 2.45) is 0 Å². The van der Waals surface area contributed by atoms with Crippen molar-refractivity contribution in [1.29, 1.82) is 0 Å². The second-order valence-corrected chi connectivity index (χ2v) is 4.76. The zero-order valence-corrected chi connectivity index (χ0v) is 11.1. The van der Waals surface area contributed by atoms with Gasteiger partial charge in [0.2, 0.25) is 11.8 Å². The normalized spacial score (nSPS) is 20.6. The fourth-order valence-corrected chi connectivity index (χ4v) is 2.29. The number of aldehydes is 1. The Balaban J connectivity index is 2.52. The number of unbranched alkanes of at least 4 members (excludes halogenated alkanes) is 1. The molecule has 0 aromatic carbocycles. The van der Waals surface area contributed by atoms with Crippen LogP contribution in [-0.4, -0.2) is 41.6 Å². The molecule has 0 aliphatic carbocycles. The molecule has 0 bridgehead atoms. The summed E-state index contributed by atoms with van der Waals surface area (Å²) in [5.74, 6) is -0.278. The standard InChI is InChI=1S/C13H22N2O3/c1-3-4-6-11(9-16)14-13(18)12-7-5-8-15(12)10(2)17/h9,11-12H,3-8H2,1-2H3,(H,14,18)/t11-,12-/m0/s1. The Bertz CT molecular complexity index is 317. The minimum Gasteiger partial charge on any atom is -0.345 e. The third-order valence-electron chi connectivity index (χ3n) is 3.32. The maximum Gasteiger partial charge on any atom is 0.243 e. The minimum absolute atomic E-state index is 0.0798. The van der Waals surface area contributed by atoms with Crippen LogP contribution in [0.4, 0.5) is 0 Å². The van der Waals surface area contributed by atoms with Crippen LogP contribution in [0.1, 0.15) is 46.0 Å². The Kier molecular flexibility index (Phi) is 5.82. The third kappa shape index (κ3) is 3.82. The van der Waals surface area contributed by atoms with Crippen molar-refractivity contribution < 1.29 is 14.4 Å². The van der Waals surface area contributed by atoms with Crippen molar-refractivity contribution in [3.8, 4) is 0 Å². The molecule has 5 heteroatoms. The average Bonchev–Trinajstić information content (AvgIpc) is 2.83. The predicted octanol–water partition coefficient (Wildman–Crippen LogP) is 0.871. The molecular weight excluding hydrogens is 232 g/mol. The van der Waals surface area contributed by atoms with Crippen molar-refractivity contribution in [1.82, 2.24) is 10.2 Å². The van der Waals surface area contributed by atoms with E-state index in [9.17, 15) is 14.4 Å². The smallest absolute Gasteiger partial charge is 0.243 e. The molecule has 0 radical (unpaired) electrons. The number of amides is 2. The number of likely N-dealkylation sites (tertiary alicyclic amines) is 1. The highest BCUT2D eigenvalue weighted by atomic mass is 16.2. The summed E-state index contributed by atoms with van der Waals surface area (Å²) in [6, 6.07) is -0.821. The van der Waals surface area contributed by atoms with Crippen molar-refractivity contribution in [2.75, 3.05) is 6.54 Å². The van der Waals surface area contributed by atoms with E-state index in [1.165, 1.54) is 6.92 Å². The van der Waals surface area contributed by atoms with Gasteiger partial charge in [-0.1, -0.05) is 19.8 Å². The summed E-state index contributed by atoms with van der Waals surface area (Å²) in [5.41, 5.74) is 0. The van der Waals surface area contributed by atoms with Gasteiger partial charge in [0.15, 0.2) is 0 Å². The highest BCUT2D eigenvalue weighted by Crippen LogP contribution is 2.17. The molecule has 0 saturated carbocycles. The quantitative estimate of drug-likeness (QED) is 0.715. The van der Waals surface area contributed by atoms with Crippen LogP contribution < -0.4 is 5.32 Å². The Morgan fingerprint density at radius 3 is 2.78 bits per heavy atom. The molecule has 1 aliphatic heterocycles. The number of nitrogens with one attached hydrogen (secondary N) is 1. The van der Waals surface area contributed by atoms with E-state index in [1.54, 1.807) is 4.90 Å². The monoisotopic (exact) mass is 254 g/mol. The summed E-state index contributed by atoms with van der Waals surface area (Å²) < 4.78 is 0. The van der Waals surface area contributed by atoms with Crippen molar-refractivity contribution in [3.05, 3.63) is 0 Å². The van der Waals surface area contributed by atoms with Crippen LogP contribution in [-0.2, 0) is 14.4 Å². The summed E-state index contributed by atoms with van der Waals surface area (Å²) in [6.45, 7) is 4.15. The van der Waals surface area contributed by atoms with Crippen LogP contribution in [0, 0.1) is 0 Å². The van der Waals surface area contributed by atoms with E-state index in [-0.39, 0.29) is 11.8 Å². The van der Waals surface area contributed by atoms with E-state index in [1.807, 2.05) is 6.92 Å². The van der Waals surface area contributed by atoms with Crippen molar-refractivity contribution in [2.45, 2.75) is 58.0 Å². The second kappa shape index (κ2) is 7.13. The predicted molar refractivity (Wildman–Crippen MR) is 67.9 cm³/mol. The first-order valence-electron chi connectivity index (χ1n) is 6.63. The summed E-state index contributed by atoms with van der Waals surface area (Å²) in [7, 11) is 0. The molecule has 1 aliphatic rings. The van der Waals surface area contributed by atoms with Gasteiger partial charge in [0.1, 0.15) is 12.3 Å². The zero-order chi connectivity index (χ0) is 13.5. The SMILES string of the molecule is CCCC[C@@H](C=O)NC(=O)[C@@H]1CCCN1C(C)=O. The first kappa shape index (κ1) is 14.7. The Hall–Kier alpha value is -1.39. The van der Waals surface area contributed by atoms with Crippen LogP contribution in [0.25, 0.3) is 0 Å². The van der Waals surface area contributed by atoms with Gasteiger partial charge in [-0.15, -0.1) is 0 Å². The second-order valence-electron chi connectivity index (χ2n) is 4.76. The number of nitrogens with zero attached hydrogens (tertiary/aromatic N) is 1. The molecule has 1 rings (SSSR count). The maximum absolute atomic E-state index is 12.0. The van der Waals surface area contributed by atoms with Gasteiger partial charge in [-0.25, -0.2) is 0 Å². The molecule has 18 heavy (non-hydrogen) atoms. The van der Waals surface area contributed by atoms with Crippen LogP contribution in [0.2, 0.25) is 0 Å². The number of hydrogen-bond donors (Lipinski definition) is 1. The Morgan fingerprint density at radius 2 is 2.22 bits per heavy atom. The number of carbonyl (C=O) groups excluding carboxylic acids is 3. The third-order valence-corrected chi connectivity index (χ3v) is 3.32. The lowest BCUT2D eigenvalue weighted by molar-refractivity contribution is -0.137. The van der Waals surface area contributed by atoms with Gasteiger partial charge in [0.25, 0.3) is 0 Å². The van der Waals surface area contributed by atoms with E-state index in [0.717, 1.165) is 25.5 Å². The lowest BCUT2D eigenvalue weighted by atomic mass is 10.1. The van der Waals surface area contributed by atoms with Gasteiger partial charge in [-0.05, 0) is 19.3 Å². The first-order valence-corrected chi connectivity index (χ1v) is 6.63. The summed E-state index contributed by atoms with van der Waals surface area (Å²) in [4.78, 5) is 35.9. The van der Waals surface area contributed by atoms with Crippen LogP contribution in [0.5, 0.6) is 0 Å². The van der Waals surface area contributed by atoms with Gasteiger partial charge < -0.3 is 15.0 Å². The summed E-state index contributed by atoms with van der Waals surface area (Å²) >= 11 is 0. The molecule has 5 nitrogen and oxygen atoms in total. The van der Waals surface area contributed by atoms with E-state index in [0.29, 0.717) is 19.4 Å². The van der Waals surface area contributed by atoms with E-state index in [2.05, 4.69) is 5.32 Å². The molecule has 0 aromatic heterocycles. The van der Waals surface area contributed by atoms with Gasteiger partial charge >= 0.3 is 0 Å². The van der Waals surface area contributed by atoms with Gasteiger partial charge in [0.05, 0.1) is 6.04 Å². The lowest BCUT2D eigenvalue weighted by Gasteiger charge is -2.24. The van der Waals surface area contributed by atoms with Crippen molar-refractivity contribution in [3.63, 3.8) is 0 Å². The Labute approximate surface area is 108 Å². The van der Waals surface area contributed by atoms with Crippen LogP contribution in [0.15, 0.2) is 0 Å². The lowest BCUT2D eigenvalue weighted by Crippen LogP contribution is -2.48. The fraction of sp³-hybridized carbons (Fsp3) is 0.769. The minimum atomic E-state index is -0.424. The Morgan fingerprint density at radius 1 is 1.50 bits per heavy atom. The molecule has 0 unspecified atom stereocenters. The highest BCUT2D eigenvalue weighted by Gasteiger charge is 2.32. The summed E-state index contributed by atoms with van der Waals surface area (Å²) in [6.07, 6.45) is 4.87. The molecule has 1 N–H and O–H groups in total. The highest BCUT2D eigenvalue weighted by molar-refractivity contribution is 5.88. The summed E-state index contributed by atoms with van der Waals surface area (Å²) in [5, 5.41) is 2.73. The van der Waals surface area contributed by atoms with Gasteiger partial charge in [-0.3, -0.25) is 9.59 Å². The molecule has 0 aromatic rings. The molecule has 1 heterocycles. The van der Waals surface area contributed by atoms with Crippen LogP contribution >= 0.6 is 0 Å². The molecule has 0 spiro atoms. The number of hydrogen-bond acceptors (Lipinski definition) is 3. The molecule has 1 saturated heterocycles. The van der Waals surface area contributed by atoms with Crippen molar-refractivity contribution >= 4 is 18.1 Å². The topological polar surface area (TPSA) is 66.5 Å². The molecular formula is C13H22N2O3. The van der Waals surface area contributed by atoms with E-state index >= 15 is 0 Å². The molecule has 102 valence electrons. The number of carbonyl (C=O) groups is 3. The zero-order valence-electron chi connectivity index (χ0n) is 11.1. The van der Waals surface area contributed by atoms with Gasteiger partial charge in [-0.2, -0.15) is 0 Å². The van der Waals surface area contributed by atoms with E-state index in [4.69, 9.17) is 0 Å². The van der Waals surface area contributed by atoms with Gasteiger partial charge in [0, 0.05) is 13.5 Å². The van der Waals surface area contributed by atoms with E-state index < -0.39 is 12.1 Å². The fourth-order valence-electron chi connectivity index (χ4n) is 2.29. The average molecular weight is 254 g/mol. The first-order chi connectivity index (χ1) is 8.60. The largest absolute Gasteiger partial charge is 0.345 e. The van der Waals surface area contributed by atoms with Crippen LogP contribution in [0.3, 0.4) is 0 Å². The molecule has 2 atom stereocenters. The molecule has 2 amide bonds. The maximum atomic E-state index is 12.0.